The fraction of sp³-hybridized carbons (Fsp3) is 0.286. The van der Waals surface area contributed by atoms with Crippen LogP contribution in [0.3, 0.4) is 0 Å². The average molecular weight is 542 g/mol. The minimum atomic E-state index is -3.79. The van der Waals surface area contributed by atoms with Gasteiger partial charge in [0.1, 0.15) is 12.6 Å². The number of benzene rings is 3. The van der Waals surface area contributed by atoms with Gasteiger partial charge >= 0.3 is 0 Å². The first-order valence-electron chi connectivity index (χ1n) is 12.0. The first kappa shape index (κ1) is 28.2. The van der Waals surface area contributed by atoms with E-state index < -0.39 is 28.5 Å². The number of carbonyl (C=O) groups excluding carboxylic acids is 2. The standard InChI is InChI=1S/C28H32ClN3O4S/c1-4-30-28(34)26(18-22-9-6-5-7-10-22)31(19-23-11-8-12-24(29)17-23)27(33)20-32(37(3,35)36)25-15-13-21(2)14-16-25/h5-17,26H,4,18-20H2,1-3H3,(H,30,34). The number of carbonyl (C=O) groups is 2. The van der Waals surface area contributed by atoms with Gasteiger partial charge in [-0.2, -0.15) is 0 Å². The van der Waals surface area contributed by atoms with Crippen molar-refractivity contribution in [3.63, 3.8) is 0 Å². The quantitative estimate of drug-likeness (QED) is 0.394. The monoisotopic (exact) mass is 541 g/mol. The van der Waals surface area contributed by atoms with Crippen LogP contribution in [0.4, 0.5) is 5.69 Å². The highest BCUT2D eigenvalue weighted by Crippen LogP contribution is 2.21. The largest absolute Gasteiger partial charge is 0.355 e. The number of nitrogens with zero attached hydrogens (tertiary/aromatic N) is 2. The number of sulfonamides is 1. The molecule has 0 aliphatic carbocycles. The van der Waals surface area contributed by atoms with Crippen molar-refractivity contribution in [2.45, 2.75) is 32.9 Å². The van der Waals surface area contributed by atoms with Crippen molar-refractivity contribution in [2.24, 2.45) is 0 Å². The fourth-order valence-corrected chi connectivity index (χ4v) is 5.07. The average Bonchev–Trinajstić information content (AvgIpc) is 2.85. The molecule has 1 unspecified atom stereocenters. The number of aryl methyl sites for hydroxylation is 1. The van der Waals surface area contributed by atoms with Gasteiger partial charge in [0, 0.05) is 24.5 Å². The van der Waals surface area contributed by atoms with Crippen molar-refractivity contribution in [1.29, 1.82) is 0 Å². The second kappa shape index (κ2) is 12.7. The lowest BCUT2D eigenvalue weighted by Crippen LogP contribution is -2.53. The summed E-state index contributed by atoms with van der Waals surface area (Å²) in [6.07, 6.45) is 1.33. The van der Waals surface area contributed by atoms with E-state index in [-0.39, 0.29) is 18.9 Å². The predicted octanol–water partition coefficient (Wildman–Crippen LogP) is 4.19. The summed E-state index contributed by atoms with van der Waals surface area (Å²) in [6.45, 7) is 3.73. The Morgan fingerprint density at radius 2 is 1.59 bits per heavy atom. The molecule has 0 aromatic heterocycles. The molecule has 9 heteroatoms. The first-order chi connectivity index (χ1) is 17.6. The van der Waals surface area contributed by atoms with Gasteiger partial charge in [0.15, 0.2) is 0 Å². The maximum absolute atomic E-state index is 13.9. The van der Waals surface area contributed by atoms with Crippen molar-refractivity contribution in [1.82, 2.24) is 10.2 Å². The molecule has 3 aromatic rings. The second-order valence-electron chi connectivity index (χ2n) is 8.86. The number of hydrogen-bond acceptors (Lipinski definition) is 4. The zero-order chi connectivity index (χ0) is 27.0. The van der Waals surface area contributed by atoms with Crippen LogP contribution in [0.25, 0.3) is 0 Å². The summed E-state index contributed by atoms with van der Waals surface area (Å²) in [4.78, 5) is 28.6. The van der Waals surface area contributed by atoms with Crippen molar-refractivity contribution >= 4 is 39.1 Å². The molecule has 0 saturated heterocycles. The molecule has 0 aliphatic rings. The van der Waals surface area contributed by atoms with E-state index in [9.17, 15) is 18.0 Å². The van der Waals surface area contributed by atoms with Crippen LogP contribution in [0.2, 0.25) is 5.02 Å². The summed E-state index contributed by atoms with van der Waals surface area (Å²) >= 11 is 6.20. The molecule has 0 fully saturated rings. The summed E-state index contributed by atoms with van der Waals surface area (Å²) in [5, 5.41) is 3.33. The molecular formula is C28H32ClN3O4S. The highest BCUT2D eigenvalue weighted by atomic mass is 35.5. The van der Waals surface area contributed by atoms with Crippen LogP contribution in [0.15, 0.2) is 78.9 Å². The van der Waals surface area contributed by atoms with Gasteiger partial charge in [-0.05, 0) is 49.2 Å². The predicted molar refractivity (Wildman–Crippen MR) is 148 cm³/mol. The topological polar surface area (TPSA) is 86.8 Å². The van der Waals surface area contributed by atoms with E-state index in [0.29, 0.717) is 17.3 Å². The van der Waals surface area contributed by atoms with Crippen molar-refractivity contribution in [3.05, 3.63) is 101 Å². The lowest BCUT2D eigenvalue weighted by molar-refractivity contribution is -0.140. The molecule has 0 heterocycles. The van der Waals surface area contributed by atoms with E-state index in [0.717, 1.165) is 27.3 Å². The molecule has 0 spiro atoms. The van der Waals surface area contributed by atoms with Crippen LogP contribution in [-0.4, -0.2) is 50.5 Å². The van der Waals surface area contributed by atoms with Gasteiger partial charge in [0.05, 0.1) is 11.9 Å². The smallest absolute Gasteiger partial charge is 0.244 e. The number of anilines is 1. The maximum atomic E-state index is 13.9. The van der Waals surface area contributed by atoms with Gasteiger partial charge < -0.3 is 10.2 Å². The van der Waals surface area contributed by atoms with Crippen LogP contribution in [0, 0.1) is 6.92 Å². The van der Waals surface area contributed by atoms with E-state index >= 15 is 0 Å². The summed E-state index contributed by atoms with van der Waals surface area (Å²) < 4.78 is 26.5. The van der Waals surface area contributed by atoms with E-state index in [2.05, 4.69) is 5.32 Å². The third-order valence-electron chi connectivity index (χ3n) is 5.87. The summed E-state index contributed by atoms with van der Waals surface area (Å²) in [5.74, 6) is -0.818. The van der Waals surface area contributed by atoms with Crippen LogP contribution in [0.5, 0.6) is 0 Å². The number of nitrogens with one attached hydrogen (secondary N) is 1. The molecule has 1 N–H and O–H groups in total. The zero-order valence-electron chi connectivity index (χ0n) is 21.2. The minimum Gasteiger partial charge on any atom is -0.355 e. The Balaban J connectivity index is 2.03. The molecule has 7 nitrogen and oxygen atoms in total. The lowest BCUT2D eigenvalue weighted by Gasteiger charge is -2.33. The molecule has 3 aromatic carbocycles. The highest BCUT2D eigenvalue weighted by Gasteiger charge is 2.32. The number of amides is 2. The number of likely N-dealkylation sites (N-methyl/N-ethyl adjacent to an activating group) is 1. The molecule has 1 atom stereocenters. The third kappa shape index (κ3) is 8.06. The van der Waals surface area contributed by atoms with Gasteiger partial charge in [-0.15, -0.1) is 0 Å². The number of rotatable bonds is 11. The highest BCUT2D eigenvalue weighted by molar-refractivity contribution is 7.92. The fourth-order valence-electron chi connectivity index (χ4n) is 4.00. The van der Waals surface area contributed by atoms with Gasteiger partial charge in [-0.3, -0.25) is 13.9 Å². The Morgan fingerprint density at radius 3 is 2.19 bits per heavy atom. The Labute approximate surface area is 224 Å². The molecule has 37 heavy (non-hydrogen) atoms. The number of hydrogen-bond donors (Lipinski definition) is 1. The van der Waals surface area contributed by atoms with E-state index in [4.69, 9.17) is 11.6 Å². The van der Waals surface area contributed by atoms with Crippen molar-refractivity contribution in [2.75, 3.05) is 23.7 Å². The molecule has 2 amide bonds. The molecule has 0 saturated carbocycles. The minimum absolute atomic E-state index is 0.0829. The summed E-state index contributed by atoms with van der Waals surface area (Å²) in [6, 6.07) is 22.5. The molecule has 0 bridgehead atoms. The van der Waals surface area contributed by atoms with Gasteiger partial charge in [-0.25, -0.2) is 8.42 Å². The first-order valence-corrected chi connectivity index (χ1v) is 14.2. The van der Waals surface area contributed by atoms with Gasteiger partial charge in [0.25, 0.3) is 0 Å². The Bertz CT molecular complexity index is 1310. The Hall–Kier alpha value is -3.36. The van der Waals surface area contributed by atoms with Crippen LogP contribution in [-0.2, 0) is 32.6 Å². The summed E-state index contributed by atoms with van der Waals surface area (Å²) in [7, 11) is -3.79. The van der Waals surface area contributed by atoms with Gasteiger partial charge in [-0.1, -0.05) is 71.8 Å². The van der Waals surface area contributed by atoms with Crippen molar-refractivity contribution < 1.29 is 18.0 Å². The molecule has 0 radical (unpaired) electrons. The maximum Gasteiger partial charge on any atom is 0.244 e. The normalized spacial score (nSPS) is 12.0. The zero-order valence-corrected chi connectivity index (χ0v) is 22.8. The van der Waals surface area contributed by atoms with E-state index in [1.807, 2.05) is 50.2 Å². The SMILES string of the molecule is CCNC(=O)C(Cc1ccccc1)N(Cc1cccc(Cl)c1)C(=O)CN(c1ccc(C)cc1)S(C)(=O)=O. The molecule has 196 valence electrons. The van der Waals surface area contributed by atoms with Crippen LogP contribution in [0.1, 0.15) is 23.6 Å². The van der Waals surface area contributed by atoms with Crippen LogP contribution < -0.4 is 9.62 Å². The molecule has 3 rings (SSSR count). The van der Waals surface area contributed by atoms with Crippen LogP contribution >= 0.6 is 11.6 Å². The third-order valence-corrected chi connectivity index (χ3v) is 7.24. The second-order valence-corrected chi connectivity index (χ2v) is 11.2. The molecular weight excluding hydrogens is 510 g/mol. The van der Waals surface area contributed by atoms with Gasteiger partial charge in [0.2, 0.25) is 21.8 Å². The lowest BCUT2D eigenvalue weighted by atomic mass is 10.0. The Morgan fingerprint density at radius 1 is 0.946 bits per heavy atom. The van der Waals surface area contributed by atoms with E-state index in [1.165, 1.54) is 4.90 Å². The summed E-state index contributed by atoms with van der Waals surface area (Å²) in [5.41, 5.74) is 2.94. The van der Waals surface area contributed by atoms with E-state index in [1.54, 1.807) is 42.5 Å². The van der Waals surface area contributed by atoms with Crippen molar-refractivity contribution in [3.8, 4) is 0 Å². The number of halogens is 1. The Kier molecular flexibility index (Phi) is 9.72. The molecule has 0 aliphatic heterocycles.